The van der Waals surface area contributed by atoms with Crippen LogP contribution in [0.4, 0.5) is 0 Å². The van der Waals surface area contributed by atoms with Gasteiger partial charge in [0.1, 0.15) is 11.6 Å². The molecule has 3 aliphatic rings. The van der Waals surface area contributed by atoms with Gasteiger partial charge in [-0.3, -0.25) is 14.4 Å². The number of amides is 3. The first-order valence-electron chi connectivity index (χ1n) is 12.0. The molecule has 3 saturated heterocycles. The second-order valence-corrected chi connectivity index (χ2v) is 9.71. The lowest BCUT2D eigenvalue weighted by molar-refractivity contribution is -0.146. The fraction of sp³-hybridized carbons (Fsp3) is 0.640. The summed E-state index contributed by atoms with van der Waals surface area (Å²) in [6, 6.07) is 8.90. The van der Waals surface area contributed by atoms with Gasteiger partial charge in [0, 0.05) is 26.7 Å². The zero-order valence-corrected chi connectivity index (χ0v) is 19.5. The van der Waals surface area contributed by atoms with E-state index in [1.54, 1.807) is 11.9 Å². The third-order valence-electron chi connectivity index (χ3n) is 7.67. The molecule has 33 heavy (non-hydrogen) atoms. The van der Waals surface area contributed by atoms with Crippen molar-refractivity contribution in [3.8, 4) is 0 Å². The number of ether oxygens (including phenoxy) is 1. The molecule has 0 radical (unpaired) electrons. The highest BCUT2D eigenvalue weighted by atomic mass is 16.5. The van der Waals surface area contributed by atoms with Crippen molar-refractivity contribution in [2.24, 2.45) is 11.8 Å². The summed E-state index contributed by atoms with van der Waals surface area (Å²) < 4.78 is 6.52. The average molecular weight is 458 g/mol. The number of nitrogens with zero attached hydrogens (tertiary/aromatic N) is 1. The Bertz CT molecular complexity index is 893. The number of carbonyl (C=O) groups excluding carboxylic acids is 3. The largest absolute Gasteiger partial charge is 0.396 e. The van der Waals surface area contributed by atoms with E-state index >= 15 is 0 Å². The third kappa shape index (κ3) is 4.04. The smallest absolute Gasteiger partial charge is 0.246 e. The van der Waals surface area contributed by atoms with Crippen LogP contribution in [0, 0.1) is 11.8 Å². The fourth-order valence-corrected chi connectivity index (χ4v) is 6.15. The van der Waals surface area contributed by atoms with E-state index in [9.17, 15) is 14.4 Å². The predicted octanol–water partition coefficient (Wildman–Crippen LogP) is 1.37. The maximum absolute atomic E-state index is 13.7. The van der Waals surface area contributed by atoms with Crippen LogP contribution in [-0.2, 0) is 25.7 Å². The molecule has 3 aliphatic heterocycles. The van der Waals surface area contributed by atoms with E-state index < -0.39 is 29.1 Å². The minimum atomic E-state index is -0.977. The van der Waals surface area contributed by atoms with Gasteiger partial charge in [0.2, 0.25) is 17.7 Å². The zero-order chi connectivity index (χ0) is 23.6. The van der Waals surface area contributed by atoms with Crippen LogP contribution in [0.1, 0.15) is 51.0 Å². The first kappa shape index (κ1) is 23.7. The number of hydrogen-bond acceptors (Lipinski definition) is 5. The van der Waals surface area contributed by atoms with Crippen LogP contribution in [0.2, 0.25) is 0 Å². The molecule has 8 heteroatoms. The molecule has 1 spiro atoms. The number of rotatable bonds is 10. The SMILES string of the molecule is CNC(=O)[C@H]1[C@H]2C(=O)N(CCCCCCO)C(C(=O)NCc3ccccc3)C23CC[C@]1(C)O3. The monoisotopic (exact) mass is 457 g/mol. The highest BCUT2D eigenvalue weighted by Gasteiger charge is 2.77. The average Bonchev–Trinajstić information content (AvgIpc) is 3.38. The maximum atomic E-state index is 13.7. The van der Waals surface area contributed by atoms with Gasteiger partial charge in [-0.2, -0.15) is 0 Å². The number of hydrogen-bond donors (Lipinski definition) is 3. The molecule has 0 aliphatic carbocycles. The summed E-state index contributed by atoms with van der Waals surface area (Å²) in [6.07, 6.45) is 4.41. The molecule has 8 nitrogen and oxygen atoms in total. The lowest BCUT2D eigenvalue weighted by atomic mass is 9.66. The number of unbranched alkanes of at least 4 members (excludes halogenated alkanes) is 3. The molecule has 180 valence electrons. The molecule has 0 saturated carbocycles. The van der Waals surface area contributed by atoms with Crippen molar-refractivity contribution >= 4 is 17.7 Å². The van der Waals surface area contributed by atoms with Crippen molar-refractivity contribution in [2.45, 2.75) is 69.2 Å². The standard InChI is InChI=1S/C25H35N3O5/c1-24-12-13-25(33-24)19(18(24)21(30)26-2)23(32)28(14-8-3-4-9-15-29)20(25)22(31)27-16-17-10-6-5-7-11-17/h5-7,10-11,18-20,29H,3-4,8-9,12-16H2,1-2H3,(H,26,30)(H,27,31)/t18-,19+,20?,24+,25?/m1/s1. The zero-order valence-electron chi connectivity index (χ0n) is 19.5. The second-order valence-electron chi connectivity index (χ2n) is 9.71. The predicted molar refractivity (Wildman–Crippen MR) is 122 cm³/mol. The van der Waals surface area contributed by atoms with Crippen LogP contribution in [0.15, 0.2) is 30.3 Å². The van der Waals surface area contributed by atoms with E-state index in [-0.39, 0.29) is 24.3 Å². The Labute approximate surface area is 195 Å². The summed E-state index contributed by atoms with van der Waals surface area (Å²) in [7, 11) is 1.58. The van der Waals surface area contributed by atoms with E-state index in [2.05, 4.69) is 10.6 Å². The second kappa shape index (κ2) is 9.43. The summed E-state index contributed by atoms with van der Waals surface area (Å²) in [5.41, 5.74) is -0.743. The molecule has 1 aromatic carbocycles. The topological polar surface area (TPSA) is 108 Å². The highest BCUT2D eigenvalue weighted by Crippen LogP contribution is 2.63. The molecule has 2 bridgehead atoms. The molecule has 3 N–H and O–H groups in total. The van der Waals surface area contributed by atoms with Crippen molar-refractivity contribution in [3.63, 3.8) is 0 Å². The molecular formula is C25H35N3O5. The Kier molecular flexibility index (Phi) is 6.77. The number of benzene rings is 1. The van der Waals surface area contributed by atoms with E-state index in [1.165, 1.54) is 0 Å². The van der Waals surface area contributed by atoms with E-state index in [4.69, 9.17) is 9.84 Å². The Morgan fingerprint density at radius 1 is 1.12 bits per heavy atom. The van der Waals surface area contributed by atoms with Crippen molar-refractivity contribution in [1.82, 2.24) is 15.5 Å². The van der Waals surface area contributed by atoms with Crippen molar-refractivity contribution in [3.05, 3.63) is 35.9 Å². The van der Waals surface area contributed by atoms with Gasteiger partial charge in [-0.05, 0) is 38.2 Å². The van der Waals surface area contributed by atoms with Crippen LogP contribution in [0.25, 0.3) is 0 Å². The van der Waals surface area contributed by atoms with E-state index in [1.807, 2.05) is 37.3 Å². The fourth-order valence-electron chi connectivity index (χ4n) is 6.15. The molecule has 0 aromatic heterocycles. The molecule has 1 aromatic rings. The first-order chi connectivity index (χ1) is 15.9. The molecule has 2 unspecified atom stereocenters. The summed E-state index contributed by atoms with van der Waals surface area (Å²) in [5.74, 6) is -1.85. The minimum absolute atomic E-state index is 0.151. The first-order valence-corrected chi connectivity index (χ1v) is 12.0. The number of likely N-dealkylation sites (tertiary alicyclic amines) is 1. The number of nitrogens with one attached hydrogen (secondary N) is 2. The van der Waals surface area contributed by atoms with Gasteiger partial charge in [0.15, 0.2) is 0 Å². The summed E-state index contributed by atoms with van der Waals surface area (Å²) in [6.45, 7) is 2.85. The van der Waals surface area contributed by atoms with Crippen LogP contribution in [0.5, 0.6) is 0 Å². The molecular weight excluding hydrogens is 422 g/mol. The Morgan fingerprint density at radius 2 is 1.85 bits per heavy atom. The van der Waals surface area contributed by atoms with Crippen LogP contribution in [0.3, 0.4) is 0 Å². The van der Waals surface area contributed by atoms with Crippen molar-refractivity contribution in [1.29, 1.82) is 0 Å². The quantitative estimate of drug-likeness (QED) is 0.460. The Morgan fingerprint density at radius 3 is 2.55 bits per heavy atom. The molecule has 5 atom stereocenters. The van der Waals surface area contributed by atoms with Gasteiger partial charge in [-0.25, -0.2) is 0 Å². The lowest BCUT2D eigenvalue weighted by Crippen LogP contribution is -2.55. The minimum Gasteiger partial charge on any atom is -0.396 e. The Balaban J connectivity index is 1.59. The maximum Gasteiger partial charge on any atom is 0.246 e. The number of carbonyl (C=O) groups is 3. The van der Waals surface area contributed by atoms with E-state index in [0.717, 1.165) is 31.2 Å². The Hall–Kier alpha value is -2.45. The third-order valence-corrected chi connectivity index (χ3v) is 7.67. The van der Waals surface area contributed by atoms with Crippen molar-refractivity contribution < 1.29 is 24.2 Å². The normalized spacial score (nSPS) is 32.2. The number of fused-ring (bicyclic) bond motifs is 1. The van der Waals surface area contributed by atoms with Gasteiger partial charge in [-0.15, -0.1) is 0 Å². The van der Waals surface area contributed by atoms with Gasteiger partial charge < -0.3 is 25.4 Å². The van der Waals surface area contributed by atoms with Crippen LogP contribution in [-0.4, -0.2) is 65.2 Å². The van der Waals surface area contributed by atoms with Crippen LogP contribution >= 0.6 is 0 Å². The number of aliphatic hydroxyl groups excluding tert-OH is 1. The van der Waals surface area contributed by atoms with Crippen molar-refractivity contribution in [2.75, 3.05) is 20.2 Å². The van der Waals surface area contributed by atoms with Gasteiger partial charge in [0.25, 0.3) is 0 Å². The van der Waals surface area contributed by atoms with Gasteiger partial charge >= 0.3 is 0 Å². The summed E-state index contributed by atoms with van der Waals surface area (Å²) in [4.78, 5) is 41.8. The van der Waals surface area contributed by atoms with E-state index in [0.29, 0.717) is 25.9 Å². The van der Waals surface area contributed by atoms with Gasteiger partial charge in [0.05, 0.1) is 17.4 Å². The molecule has 3 heterocycles. The molecule has 3 amide bonds. The molecule has 4 rings (SSSR count). The number of aliphatic hydroxyl groups is 1. The summed E-state index contributed by atoms with van der Waals surface area (Å²) in [5, 5.41) is 14.7. The molecule has 3 fully saturated rings. The van der Waals surface area contributed by atoms with Crippen LogP contribution < -0.4 is 10.6 Å². The lowest BCUT2D eigenvalue weighted by Gasteiger charge is -2.33. The van der Waals surface area contributed by atoms with Gasteiger partial charge in [-0.1, -0.05) is 43.2 Å². The summed E-state index contributed by atoms with van der Waals surface area (Å²) >= 11 is 0. The highest BCUT2D eigenvalue weighted by molar-refractivity contribution is 5.99.